The van der Waals surface area contributed by atoms with E-state index in [4.69, 9.17) is 4.84 Å². The van der Waals surface area contributed by atoms with Gasteiger partial charge in [0.05, 0.1) is 5.69 Å². The van der Waals surface area contributed by atoms with Crippen LogP contribution >= 0.6 is 12.4 Å². The molecule has 0 unspecified atom stereocenters. The standard InChI is InChI=1S/C22H19FN6O2.ClH/c1-14(2)29-13-25-27-20(29)18-10-6-9-17(26-18)19-16(23)11-12-24-22(19)31-28-21(30)15-7-4-3-5-8-15;/h3-14H,1-2H3,(H,28,30);1H. The molecule has 0 saturated heterocycles. The van der Waals surface area contributed by atoms with Crippen molar-refractivity contribution in [2.75, 3.05) is 0 Å². The second-order valence-electron chi connectivity index (χ2n) is 6.94. The minimum atomic E-state index is -0.589. The van der Waals surface area contributed by atoms with E-state index in [0.29, 0.717) is 17.1 Å². The second-order valence-corrected chi connectivity index (χ2v) is 6.94. The molecule has 0 radical (unpaired) electrons. The largest absolute Gasteiger partial charge is 0.358 e. The lowest BCUT2D eigenvalue weighted by Gasteiger charge is -2.12. The third-order valence-electron chi connectivity index (χ3n) is 4.51. The summed E-state index contributed by atoms with van der Waals surface area (Å²) in [6.45, 7) is 4.00. The van der Waals surface area contributed by atoms with Crippen molar-refractivity contribution in [2.24, 2.45) is 0 Å². The number of hydroxylamine groups is 1. The van der Waals surface area contributed by atoms with E-state index >= 15 is 0 Å². The summed E-state index contributed by atoms with van der Waals surface area (Å²) in [5.74, 6) is -0.626. The van der Waals surface area contributed by atoms with E-state index in [2.05, 4.69) is 25.6 Å². The van der Waals surface area contributed by atoms with Gasteiger partial charge in [-0.05, 0) is 44.2 Å². The highest BCUT2D eigenvalue weighted by molar-refractivity contribution is 5.93. The molecule has 8 nitrogen and oxygen atoms in total. The van der Waals surface area contributed by atoms with Gasteiger partial charge in [0, 0.05) is 17.8 Å². The normalized spacial score (nSPS) is 10.5. The van der Waals surface area contributed by atoms with E-state index in [1.54, 1.807) is 54.9 Å². The molecule has 0 aliphatic carbocycles. The molecular formula is C22H20ClFN6O2. The zero-order chi connectivity index (χ0) is 21.8. The van der Waals surface area contributed by atoms with E-state index in [-0.39, 0.29) is 35.6 Å². The summed E-state index contributed by atoms with van der Waals surface area (Å²) < 4.78 is 16.6. The third kappa shape index (κ3) is 4.73. The van der Waals surface area contributed by atoms with Gasteiger partial charge in [-0.15, -0.1) is 22.6 Å². The molecule has 3 heterocycles. The van der Waals surface area contributed by atoms with Gasteiger partial charge in [0.1, 0.15) is 23.4 Å². The smallest absolute Gasteiger partial charge is 0.283 e. The molecule has 3 aromatic heterocycles. The van der Waals surface area contributed by atoms with Gasteiger partial charge in [-0.1, -0.05) is 24.3 Å². The van der Waals surface area contributed by atoms with Gasteiger partial charge < -0.3 is 9.40 Å². The quantitative estimate of drug-likeness (QED) is 0.437. The zero-order valence-corrected chi connectivity index (χ0v) is 18.1. The minimum absolute atomic E-state index is 0. The topological polar surface area (TPSA) is 94.8 Å². The number of carbonyl (C=O) groups excluding carboxylic acids is 1. The number of pyridine rings is 2. The maximum Gasteiger partial charge on any atom is 0.283 e. The predicted molar refractivity (Wildman–Crippen MR) is 119 cm³/mol. The number of benzene rings is 1. The molecule has 0 atom stereocenters. The molecule has 1 aromatic carbocycles. The van der Waals surface area contributed by atoms with Crippen molar-refractivity contribution < 1.29 is 14.0 Å². The highest BCUT2D eigenvalue weighted by atomic mass is 35.5. The highest BCUT2D eigenvalue weighted by Crippen LogP contribution is 2.30. The van der Waals surface area contributed by atoms with Gasteiger partial charge in [-0.2, -0.15) is 5.48 Å². The van der Waals surface area contributed by atoms with Crippen molar-refractivity contribution in [2.45, 2.75) is 19.9 Å². The summed E-state index contributed by atoms with van der Waals surface area (Å²) in [6, 6.07) is 15.0. The first-order valence-electron chi connectivity index (χ1n) is 9.58. The molecular weight excluding hydrogens is 435 g/mol. The van der Waals surface area contributed by atoms with Crippen molar-refractivity contribution in [3.05, 3.63) is 78.5 Å². The average molecular weight is 455 g/mol. The van der Waals surface area contributed by atoms with Crippen LogP contribution in [0.3, 0.4) is 0 Å². The van der Waals surface area contributed by atoms with E-state index in [1.165, 1.54) is 12.3 Å². The fourth-order valence-electron chi connectivity index (χ4n) is 2.98. The Hall–Kier alpha value is -3.85. The van der Waals surface area contributed by atoms with Crippen molar-refractivity contribution in [1.82, 2.24) is 30.2 Å². The first kappa shape index (κ1) is 22.8. The number of nitrogens with zero attached hydrogens (tertiary/aromatic N) is 5. The van der Waals surface area contributed by atoms with Crippen LogP contribution in [-0.2, 0) is 0 Å². The molecule has 4 aromatic rings. The average Bonchev–Trinajstić information content (AvgIpc) is 3.29. The summed E-state index contributed by atoms with van der Waals surface area (Å²) >= 11 is 0. The lowest BCUT2D eigenvalue weighted by molar-refractivity contribution is 0.0751. The fourth-order valence-corrected chi connectivity index (χ4v) is 2.98. The molecule has 32 heavy (non-hydrogen) atoms. The molecule has 1 amide bonds. The summed E-state index contributed by atoms with van der Waals surface area (Å²) in [5.41, 5.74) is 3.52. The Morgan fingerprint density at radius 2 is 1.81 bits per heavy atom. The van der Waals surface area contributed by atoms with Gasteiger partial charge in [0.2, 0.25) is 0 Å². The van der Waals surface area contributed by atoms with Crippen molar-refractivity contribution in [3.8, 4) is 28.7 Å². The number of carbonyl (C=O) groups is 1. The molecule has 0 aliphatic heterocycles. The van der Waals surface area contributed by atoms with E-state index < -0.39 is 11.7 Å². The summed E-state index contributed by atoms with van der Waals surface area (Å²) in [7, 11) is 0. The van der Waals surface area contributed by atoms with E-state index in [1.807, 2.05) is 18.4 Å². The third-order valence-corrected chi connectivity index (χ3v) is 4.51. The van der Waals surface area contributed by atoms with Crippen LogP contribution in [0, 0.1) is 5.82 Å². The summed E-state index contributed by atoms with van der Waals surface area (Å²) in [5, 5.41) is 8.08. The Morgan fingerprint density at radius 1 is 1.06 bits per heavy atom. The number of aromatic nitrogens is 5. The second kappa shape index (κ2) is 9.97. The van der Waals surface area contributed by atoms with Crippen LogP contribution in [0.1, 0.15) is 30.2 Å². The molecule has 0 spiro atoms. The van der Waals surface area contributed by atoms with Crippen molar-refractivity contribution in [3.63, 3.8) is 0 Å². The SMILES string of the molecule is CC(C)n1cnnc1-c1cccc(-c2c(F)ccnc2ONC(=O)c2ccccc2)n1.Cl. The van der Waals surface area contributed by atoms with Crippen LogP contribution in [0.4, 0.5) is 4.39 Å². The van der Waals surface area contributed by atoms with Gasteiger partial charge in [-0.25, -0.2) is 14.4 Å². The molecule has 0 fully saturated rings. The van der Waals surface area contributed by atoms with Crippen molar-refractivity contribution in [1.29, 1.82) is 0 Å². The Kier molecular flexibility index (Phi) is 7.11. The van der Waals surface area contributed by atoms with Crippen LogP contribution in [0.2, 0.25) is 0 Å². The van der Waals surface area contributed by atoms with Crippen LogP contribution in [0.5, 0.6) is 5.88 Å². The van der Waals surface area contributed by atoms with Gasteiger partial charge >= 0.3 is 0 Å². The molecule has 10 heteroatoms. The van der Waals surface area contributed by atoms with E-state index in [9.17, 15) is 9.18 Å². The summed E-state index contributed by atoms with van der Waals surface area (Å²) in [4.78, 5) is 26.2. The maximum atomic E-state index is 14.8. The Bertz CT molecular complexity index is 1220. The number of amides is 1. The van der Waals surface area contributed by atoms with Crippen LogP contribution in [0.25, 0.3) is 22.8 Å². The molecule has 4 rings (SSSR count). The number of hydrogen-bond acceptors (Lipinski definition) is 6. The number of halogens is 2. The Labute approximate surface area is 189 Å². The zero-order valence-electron chi connectivity index (χ0n) is 17.3. The number of nitrogens with one attached hydrogen (secondary N) is 1. The van der Waals surface area contributed by atoms with Gasteiger partial charge in [-0.3, -0.25) is 4.79 Å². The first-order valence-corrected chi connectivity index (χ1v) is 9.58. The Balaban J connectivity index is 0.00000289. The van der Waals surface area contributed by atoms with Crippen LogP contribution in [-0.4, -0.2) is 30.6 Å². The molecule has 0 saturated carbocycles. The number of hydrogen-bond donors (Lipinski definition) is 1. The monoisotopic (exact) mass is 454 g/mol. The maximum absolute atomic E-state index is 14.8. The highest BCUT2D eigenvalue weighted by Gasteiger charge is 2.19. The first-order chi connectivity index (χ1) is 15.0. The van der Waals surface area contributed by atoms with Crippen LogP contribution < -0.4 is 10.3 Å². The predicted octanol–water partition coefficient (Wildman–Crippen LogP) is 4.27. The van der Waals surface area contributed by atoms with E-state index in [0.717, 1.165) is 0 Å². The van der Waals surface area contributed by atoms with Gasteiger partial charge in [0.15, 0.2) is 5.82 Å². The lowest BCUT2D eigenvalue weighted by atomic mass is 10.1. The van der Waals surface area contributed by atoms with Crippen molar-refractivity contribution >= 4 is 18.3 Å². The summed E-state index contributed by atoms with van der Waals surface area (Å²) in [6.07, 6.45) is 2.87. The lowest BCUT2D eigenvalue weighted by Crippen LogP contribution is -2.27. The minimum Gasteiger partial charge on any atom is -0.358 e. The van der Waals surface area contributed by atoms with Crippen LogP contribution in [0.15, 0.2) is 67.1 Å². The number of rotatable bonds is 6. The molecule has 0 aliphatic rings. The molecule has 164 valence electrons. The molecule has 1 N–H and O–H groups in total. The van der Waals surface area contributed by atoms with Gasteiger partial charge in [0.25, 0.3) is 11.8 Å². The Morgan fingerprint density at radius 3 is 2.56 bits per heavy atom. The fraction of sp³-hybridized carbons (Fsp3) is 0.136. The molecule has 0 bridgehead atoms.